The van der Waals surface area contributed by atoms with Gasteiger partial charge >= 0.3 is 18.3 Å². The number of halogens is 6. The number of hydrogen-bond acceptors (Lipinski definition) is 5. The average Bonchev–Trinajstić information content (AvgIpc) is 3.33. The Hall–Kier alpha value is -3.74. The molecule has 37 heavy (non-hydrogen) atoms. The maximum absolute atomic E-state index is 13.5. The molecule has 0 aliphatic carbocycles. The summed E-state index contributed by atoms with van der Waals surface area (Å²) >= 11 is 0.647. The zero-order valence-electron chi connectivity index (χ0n) is 18.8. The predicted octanol–water partition coefficient (Wildman–Crippen LogP) is 5.94. The number of alkyl halides is 6. The molecule has 0 radical (unpaired) electrons. The molecule has 2 heterocycles. The zero-order valence-corrected chi connectivity index (χ0v) is 19.6. The standard InChI is InChI=1S/C24H16F6N2O4S/c1-36-20(33)12-32-21(34)19(37-22(32)35)9-13-2-5-18-14(8-13)6-7-31(18)11-15-3-4-16(23(25,26)27)10-17(15)24(28,29)30/h2-10H,11-12H2,1H3/b19-9-. The van der Waals surface area contributed by atoms with Gasteiger partial charge in [0, 0.05) is 23.6 Å². The third-order valence-electron chi connectivity index (χ3n) is 5.56. The van der Waals surface area contributed by atoms with Crippen LogP contribution in [0.4, 0.5) is 31.1 Å². The number of rotatable bonds is 5. The number of fused-ring (bicyclic) bond motifs is 1. The van der Waals surface area contributed by atoms with Crippen LogP contribution in [-0.2, 0) is 33.2 Å². The Bertz CT molecular complexity index is 1440. The van der Waals surface area contributed by atoms with E-state index in [1.165, 1.54) is 16.8 Å². The molecule has 0 unspecified atom stereocenters. The van der Waals surface area contributed by atoms with Crippen molar-refractivity contribution in [2.24, 2.45) is 0 Å². The van der Waals surface area contributed by atoms with Gasteiger partial charge in [-0.3, -0.25) is 19.3 Å². The van der Waals surface area contributed by atoms with Gasteiger partial charge in [0.05, 0.1) is 23.1 Å². The van der Waals surface area contributed by atoms with Gasteiger partial charge in [0.1, 0.15) is 6.54 Å². The number of aromatic nitrogens is 1. The summed E-state index contributed by atoms with van der Waals surface area (Å²) in [6, 6.07) is 7.93. The van der Waals surface area contributed by atoms with E-state index in [2.05, 4.69) is 4.74 Å². The molecule has 0 spiro atoms. The van der Waals surface area contributed by atoms with Crippen molar-refractivity contribution in [1.82, 2.24) is 9.47 Å². The first-order valence-corrected chi connectivity index (χ1v) is 11.3. The van der Waals surface area contributed by atoms with Crippen molar-refractivity contribution in [1.29, 1.82) is 0 Å². The van der Waals surface area contributed by atoms with Gasteiger partial charge < -0.3 is 9.30 Å². The van der Waals surface area contributed by atoms with Crippen LogP contribution in [0.25, 0.3) is 17.0 Å². The van der Waals surface area contributed by atoms with Crippen LogP contribution in [0.3, 0.4) is 0 Å². The highest BCUT2D eigenvalue weighted by atomic mass is 32.2. The van der Waals surface area contributed by atoms with E-state index in [1.807, 2.05) is 0 Å². The molecule has 1 fully saturated rings. The molecule has 4 rings (SSSR count). The highest BCUT2D eigenvalue weighted by Crippen LogP contribution is 2.38. The highest BCUT2D eigenvalue weighted by molar-refractivity contribution is 8.18. The lowest BCUT2D eigenvalue weighted by molar-refractivity contribution is -0.144. The van der Waals surface area contributed by atoms with E-state index in [1.54, 1.807) is 24.3 Å². The van der Waals surface area contributed by atoms with Gasteiger partial charge in [-0.25, -0.2) is 0 Å². The van der Waals surface area contributed by atoms with E-state index in [-0.39, 0.29) is 23.1 Å². The molecule has 2 aromatic carbocycles. The van der Waals surface area contributed by atoms with Crippen LogP contribution < -0.4 is 0 Å². The monoisotopic (exact) mass is 542 g/mol. The van der Waals surface area contributed by atoms with Crippen molar-refractivity contribution in [3.8, 4) is 0 Å². The lowest BCUT2D eigenvalue weighted by Crippen LogP contribution is -2.34. The summed E-state index contributed by atoms with van der Waals surface area (Å²) in [5.41, 5.74) is -2.07. The summed E-state index contributed by atoms with van der Waals surface area (Å²) in [6.07, 6.45) is -6.96. The van der Waals surface area contributed by atoms with Gasteiger partial charge in [-0.15, -0.1) is 0 Å². The topological polar surface area (TPSA) is 68.6 Å². The highest BCUT2D eigenvalue weighted by Gasteiger charge is 2.38. The Kier molecular flexibility index (Phi) is 6.84. The predicted molar refractivity (Wildman–Crippen MR) is 122 cm³/mol. The maximum atomic E-state index is 13.5. The van der Waals surface area contributed by atoms with Gasteiger partial charge in [-0.2, -0.15) is 26.3 Å². The summed E-state index contributed by atoms with van der Waals surface area (Å²) in [4.78, 5) is 36.8. The summed E-state index contributed by atoms with van der Waals surface area (Å²) in [7, 11) is 1.13. The van der Waals surface area contributed by atoms with Crippen molar-refractivity contribution in [2.75, 3.05) is 13.7 Å². The largest absolute Gasteiger partial charge is 0.468 e. The minimum atomic E-state index is -4.98. The second-order valence-electron chi connectivity index (χ2n) is 7.97. The molecule has 194 valence electrons. The van der Waals surface area contributed by atoms with E-state index < -0.39 is 47.1 Å². The molecule has 3 aromatic rings. The number of hydrogen-bond donors (Lipinski definition) is 0. The number of benzene rings is 2. The maximum Gasteiger partial charge on any atom is 0.416 e. The van der Waals surface area contributed by atoms with E-state index in [0.29, 0.717) is 34.3 Å². The normalized spacial score (nSPS) is 15.8. The molecule has 0 atom stereocenters. The zero-order chi connectivity index (χ0) is 27.1. The average molecular weight is 542 g/mol. The third kappa shape index (κ3) is 5.50. The summed E-state index contributed by atoms with van der Waals surface area (Å²) < 4.78 is 85.3. The van der Waals surface area contributed by atoms with Gasteiger partial charge in [0.15, 0.2) is 0 Å². The Labute approximate surface area is 209 Å². The smallest absolute Gasteiger partial charge is 0.416 e. The summed E-state index contributed by atoms with van der Waals surface area (Å²) in [5, 5.41) is -0.0473. The number of carbonyl (C=O) groups is 3. The molecule has 6 nitrogen and oxygen atoms in total. The molecule has 2 amide bonds. The number of esters is 1. The number of amides is 2. The van der Waals surface area contributed by atoms with Crippen molar-refractivity contribution in [2.45, 2.75) is 18.9 Å². The molecule has 0 N–H and O–H groups in total. The van der Waals surface area contributed by atoms with E-state index in [4.69, 9.17) is 0 Å². The Balaban J connectivity index is 1.61. The summed E-state index contributed by atoms with van der Waals surface area (Å²) in [6.45, 7) is -0.855. The van der Waals surface area contributed by atoms with Crippen LogP contribution in [0.5, 0.6) is 0 Å². The molecule has 1 saturated heterocycles. The van der Waals surface area contributed by atoms with Gasteiger partial charge in [0.25, 0.3) is 11.1 Å². The molecule has 0 bridgehead atoms. The first-order chi connectivity index (χ1) is 17.3. The first kappa shape index (κ1) is 26.3. The van der Waals surface area contributed by atoms with Crippen molar-refractivity contribution in [3.63, 3.8) is 0 Å². The molecule has 0 saturated carbocycles. The van der Waals surface area contributed by atoms with Crippen molar-refractivity contribution >= 4 is 45.9 Å². The fourth-order valence-corrected chi connectivity index (χ4v) is 4.60. The second-order valence-corrected chi connectivity index (χ2v) is 8.97. The molecular formula is C24H16F6N2O4S. The van der Waals surface area contributed by atoms with E-state index in [9.17, 15) is 40.7 Å². The number of ether oxygens (including phenoxy) is 1. The van der Waals surface area contributed by atoms with Crippen LogP contribution >= 0.6 is 11.8 Å². The van der Waals surface area contributed by atoms with Crippen LogP contribution in [0.15, 0.2) is 53.6 Å². The van der Waals surface area contributed by atoms with E-state index in [0.717, 1.165) is 18.1 Å². The molecular weight excluding hydrogens is 526 g/mol. The summed E-state index contributed by atoms with van der Waals surface area (Å²) in [5.74, 6) is -1.42. The molecule has 1 aromatic heterocycles. The fraction of sp³-hybridized carbons (Fsp3) is 0.208. The molecule has 1 aliphatic heterocycles. The van der Waals surface area contributed by atoms with Crippen LogP contribution in [0, 0.1) is 0 Å². The molecule has 1 aliphatic rings. The lowest BCUT2D eigenvalue weighted by atomic mass is 10.0. The number of methoxy groups -OCH3 is 1. The molecule has 13 heteroatoms. The van der Waals surface area contributed by atoms with Crippen LogP contribution in [0.2, 0.25) is 0 Å². The number of thioether (sulfide) groups is 1. The van der Waals surface area contributed by atoms with Crippen molar-refractivity contribution < 1.29 is 45.5 Å². The second kappa shape index (κ2) is 9.61. The first-order valence-electron chi connectivity index (χ1n) is 10.5. The van der Waals surface area contributed by atoms with Gasteiger partial charge in [-0.1, -0.05) is 12.1 Å². The Morgan fingerprint density at radius 1 is 1.00 bits per heavy atom. The lowest BCUT2D eigenvalue weighted by Gasteiger charge is -2.17. The van der Waals surface area contributed by atoms with Gasteiger partial charge in [-0.05, 0) is 59.3 Å². The van der Waals surface area contributed by atoms with E-state index >= 15 is 0 Å². The Morgan fingerprint density at radius 3 is 2.38 bits per heavy atom. The number of nitrogens with zero attached hydrogens (tertiary/aromatic N) is 2. The van der Waals surface area contributed by atoms with Crippen LogP contribution in [-0.4, -0.2) is 40.2 Å². The fourth-order valence-electron chi connectivity index (χ4n) is 3.77. The van der Waals surface area contributed by atoms with Crippen molar-refractivity contribution in [3.05, 3.63) is 75.8 Å². The number of imide groups is 1. The minimum Gasteiger partial charge on any atom is -0.468 e. The minimum absolute atomic E-state index is 0.0762. The van der Waals surface area contributed by atoms with Crippen LogP contribution in [0.1, 0.15) is 22.3 Å². The number of carbonyl (C=O) groups excluding carboxylic acids is 3. The quantitative estimate of drug-likeness (QED) is 0.227. The van der Waals surface area contributed by atoms with Gasteiger partial charge in [0.2, 0.25) is 0 Å². The third-order valence-corrected chi connectivity index (χ3v) is 6.47. The SMILES string of the molecule is COC(=O)CN1C(=O)S/C(=C\c2ccc3c(ccn3Cc3ccc(C(F)(F)F)cc3C(F)(F)F)c2)C1=O. The Morgan fingerprint density at radius 2 is 1.73 bits per heavy atom.